The van der Waals surface area contributed by atoms with Crippen molar-refractivity contribution in [3.05, 3.63) is 54.2 Å². The van der Waals surface area contributed by atoms with Crippen LogP contribution in [-0.4, -0.2) is 26.8 Å². The number of ketones is 1. The second kappa shape index (κ2) is 6.95. The van der Waals surface area contributed by atoms with Gasteiger partial charge in [-0.15, -0.1) is 0 Å². The lowest BCUT2D eigenvalue weighted by atomic mass is 10.1. The summed E-state index contributed by atoms with van der Waals surface area (Å²) < 4.78 is 20.9. The van der Waals surface area contributed by atoms with Crippen LogP contribution in [0.3, 0.4) is 0 Å². The maximum Gasteiger partial charge on any atom is 0.231 e. The molecule has 0 bridgehead atoms. The van der Waals surface area contributed by atoms with Gasteiger partial charge < -0.3 is 24.3 Å². The van der Waals surface area contributed by atoms with Crippen molar-refractivity contribution in [2.24, 2.45) is 0 Å². The van der Waals surface area contributed by atoms with Crippen molar-refractivity contribution in [2.75, 3.05) is 26.3 Å². The Morgan fingerprint density at radius 1 is 1.04 bits per heavy atom. The molecule has 0 amide bonds. The number of rotatable bonds is 6. The Hall–Kier alpha value is -3.15. The van der Waals surface area contributed by atoms with Gasteiger partial charge in [-0.3, -0.25) is 4.79 Å². The van der Waals surface area contributed by atoms with Gasteiger partial charge >= 0.3 is 0 Å². The van der Waals surface area contributed by atoms with Gasteiger partial charge in [0, 0.05) is 29.6 Å². The molecule has 1 N–H and O–H groups in total. The second-order valence-electron chi connectivity index (χ2n) is 4.98. The van der Waals surface area contributed by atoms with Crippen LogP contribution in [0, 0.1) is 0 Å². The van der Waals surface area contributed by atoms with Gasteiger partial charge in [0.05, 0.1) is 14.2 Å². The topological polar surface area (TPSA) is 66.0 Å². The molecule has 124 valence electrons. The predicted octanol–water partition coefficient (Wildman–Crippen LogP) is 3.24. The molecular weight excluding hydrogens is 310 g/mol. The summed E-state index contributed by atoms with van der Waals surface area (Å²) in [5.41, 5.74) is 1.31. The summed E-state index contributed by atoms with van der Waals surface area (Å²) in [6, 6.07) is 10.5. The highest BCUT2D eigenvalue weighted by atomic mass is 16.7. The molecule has 6 heteroatoms. The molecule has 0 aliphatic carbocycles. The number of hydrogen-bond acceptors (Lipinski definition) is 6. The Morgan fingerprint density at radius 3 is 2.62 bits per heavy atom. The normalized spacial score (nSPS) is 12.2. The number of carbonyl (C=O) groups excluding carboxylic acids is 1. The van der Waals surface area contributed by atoms with E-state index in [2.05, 4.69) is 5.32 Å². The van der Waals surface area contributed by atoms with Crippen LogP contribution >= 0.6 is 0 Å². The molecule has 2 aromatic carbocycles. The number of allylic oxidation sites excluding steroid dienone is 1. The first kappa shape index (κ1) is 15.7. The summed E-state index contributed by atoms with van der Waals surface area (Å²) in [6.45, 7) is 0.229. The zero-order chi connectivity index (χ0) is 16.9. The second-order valence-corrected chi connectivity index (χ2v) is 4.98. The Bertz CT molecular complexity index is 785. The third kappa shape index (κ3) is 3.27. The van der Waals surface area contributed by atoms with Gasteiger partial charge in [-0.1, -0.05) is 0 Å². The maximum atomic E-state index is 12.2. The molecule has 1 aliphatic heterocycles. The lowest BCUT2D eigenvalue weighted by Crippen LogP contribution is -1.98. The first-order valence-corrected chi connectivity index (χ1v) is 7.30. The molecule has 0 aromatic heterocycles. The highest BCUT2D eigenvalue weighted by molar-refractivity contribution is 6.05. The molecule has 6 nitrogen and oxygen atoms in total. The van der Waals surface area contributed by atoms with Gasteiger partial charge in [0.15, 0.2) is 28.8 Å². The van der Waals surface area contributed by atoms with Crippen LogP contribution in [0.5, 0.6) is 23.0 Å². The van der Waals surface area contributed by atoms with Crippen LogP contribution in [-0.2, 0) is 0 Å². The molecule has 0 atom stereocenters. The lowest BCUT2D eigenvalue weighted by Gasteiger charge is -2.08. The van der Waals surface area contributed by atoms with E-state index in [0.717, 1.165) is 5.69 Å². The van der Waals surface area contributed by atoms with Gasteiger partial charge in [-0.2, -0.15) is 0 Å². The Labute approximate surface area is 139 Å². The molecule has 0 saturated carbocycles. The molecule has 0 radical (unpaired) electrons. The molecule has 1 heterocycles. The minimum absolute atomic E-state index is 0.149. The number of carbonyl (C=O) groups is 1. The molecule has 2 aromatic rings. The fourth-order valence-corrected chi connectivity index (χ4v) is 2.29. The number of hydrogen-bond donors (Lipinski definition) is 1. The van der Waals surface area contributed by atoms with E-state index >= 15 is 0 Å². The summed E-state index contributed by atoms with van der Waals surface area (Å²) in [4.78, 5) is 12.2. The minimum Gasteiger partial charge on any atom is -0.493 e. The van der Waals surface area contributed by atoms with Crippen molar-refractivity contribution in [3.8, 4) is 23.0 Å². The van der Waals surface area contributed by atoms with Crippen molar-refractivity contribution in [3.63, 3.8) is 0 Å². The summed E-state index contributed by atoms with van der Waals surface area (Å²) in [6.07, 6.45) is 3.03. The van der Waals surface area contributed by atoms with Crippen molar-refractivity contribution < 1.29 is 23.7 Å². The number of anilines is 1. The SMILES string of the molecule is COc1ccc(C(=O)/C=C\Nc2ccc3c(c2)OCO3)cc1OC. The molecule has 0 fully saturated rings. The molecule has 0 unspecified atom stereocenters. The number of benzene rings is 2. The van der Waals surface area contributed by atoms with Crippen LogP contribution < -0.4 is 24.3 Å². The third-order valence-electron chi connectivity index (χ3n) is 3.53. The van der Waals surface area contributed by atoms with Gasteiger partial charge in [0.2, 0.25) is 6.79 Å². The van der Waals surface area contributed by atoms with Gasteiger partial charge in [0.1, 0.15) is 0 Å². The van der Waals surface area contributed by atoms with Crippen molar-refractivity contribution >= 4 is 11.5 Å². The van der Waals surface area contributed by atoms with Crippen LogP contribution in [0.25, 0.3) is 0 Å². The smallest absolute Gasteiger partial charge is 0.231 e. The predicted molar refractivity (Wildman–Crippen MR) is 89.2 cm³/mol. The van der Waals surface area contributed by atoms with Crippen molar-refractivity contribution in [1.82, 2.24) is 0 Å². The van der Waals surface area contributed by atoms with E-state index in [1.165, 1.54) is 13.2 Å². The number of fused-ring (bicyclic) bond motifs is 1. The van der Waals surface area contributed by atoms with Gasteiger partial charge in [0.25, 0.3) is 0 Å². The van der Waals surface area contributed by atoms with E-state index in [1.807, 2.05) is 18.2 Å². The number of nitrogens with one attached hydrogen (secondary N) is 1. The minimum atomic E-state index is -0.149. The average molecular weight is 327 g/mol. The highest BCUT2D eigenvalue weighted by Gasteiger charge is 2.13. The van der Waals surface area contributed by atoms with Gasteiger partial charge in [-0.25, -0.2) is 0 Å². The zero-order valence-electron chi connectivity index (χ0n) is 13.4. The zero-order valence-corrected chi connectivity index (χ0v) is 13.4. The van der Waals surface area contributed by atoms with Crippen LogP contribution in [0.4, 0.5) is 5.69 Å². The van der Waals surface area contributed by atoms with E-state index in [-0.39, 0.29) is 12.6 Å². The molecule has 24 heavy (non-hydrogen) atoms. The maximum absolute atomic E-state index is 12.2. The Morgan fingerprint density at radius 2 is 1.83 bits per heavy atom. The van der Waals surface area contributed by atoms with Crippen molar-refractivity contribution in [1.29, 1.82) is 0 Å². The van der Waals surface area contributed by atoms with E-state index in [4.69, 9.17) is 18.9 Å². The molecule has 1 aliphatic rings. The molecule has 0 spiro atoms. The standard InChI is InChI=1S/C18H17NO5/c1-21-15-5-3-12(9-17(15)22-2)14(20)7-8-19-13-4-6-16-18(10-13)24-11-23-16/h3-10,19H,11H2,1-2H3/b8-7-. The summed E-state index contributed by atoms with van der Waals surface area (Å²) in [5, 5.41) is 3.03. The van der Waals surface area contributed by atoms with E-state index in [0.29, 0.717) is 28.6 Å². The fourth-order valence-electron chi connectivity index (χ4n) is 2.29. The Balaban J connectivity index is 1.67. The van der Waals surface area contributed by atoms with Crippen LogP contribution in [0.2, 0.25) is 0 Å². The van der Waals surface area contributed by atoms with Crippen LogP contribution in [0.1, 0.15) is 10.4 Å². The number of ether oxygens (including phenoxy) is 4. The molecular formula is C18H17NO5. The third-order valence-corrected chi connectivity index (χ3v) is 3.53. The Kier molecular flexibility index (Phi) is 4.56. The fraction of sp³-hybridized carbons (Fsp3) is 0.167. The summed E-state index contributed by atoms with van der Waals surface area (Å²) >= 11 is 0. The lowest BCUT2D eigenvalue weighted by molar-refractivity contribution is 0.104. The van der Waals surface area contributed by atoms with E-state index in [1.54, 1.807) is 31.5 Å². The molecule has 0 saturated heterocycles. The first-order chi connectivity index (χ1) is 11.7. The van der Waals surface area contributed by atoms with Crippen molar-refractivity contribution in [2.45, 2.75) is 0 Å². The van der Waals surface area contributed by atoms with Crippen LogP contribution in [0.15, 0.2) is 48.7 Å². The summed E-state index contributed by atoms with van der Waals surface area (Å²) in [7, 11) is 3.08. The monoisotopic (exact) mass is 327 g/mol. The van der Waals surface area contributed by atoms with E-state index < -0.39 is 0 Å². The van der Waals surface area contributed by atoms with E-state index in [9.17, 15) is 4.79 Å². The first-order valence-electron chi connectivity index (χ1n) is 7.30. The summed E-state index contributed by atoms with van der Waals surface area (Å²) in [5.74, 6) is 2.34. The number of methoxy groups -OCH3 is 2. The molecule has 3 rings (SSSR count). The average Bonchev–Trinajstić information content (AvgIpc) is 3.08. The quantitative estimate of drug-likeness (QED) is 0.649. The largest absolute Gasteiger partial charge is 0.493 e. The van der Waals surface area contributed by atoms with Gasteiger partial charge in [-0.05, 0) is 30.3 Å². The highest BCUT2D eigenvalue weighted by Crippen LogP contribution is 2.34.